The minimum Gasteiger partial charge on any atom is -0.310 e. The Morgan fingerprint density at radius 1 is 1.02 bits per heavy atom. The molecule has 0 radical (unpaired) electrons. The Bertz CT molecular complexity index is 1970. The van der Waals surface area contributed by atoms with Crippen molar-refractivity contribution in [2.24, 2.45) is 18.9 Å². The number of rotatable bonds is 6. The molecular formula is C28H24F2N8O3S. The summed E-state index contributed by atoms with van der Waals surface area (Å²) in [6, 6.07) is 12.5. The third-order valence-corrected chi connectivity index (χ3v) is 9.95. The summed E-state index contributed by atoms with van der Waals surface area (Å²) >= 11 is 0. The van der Waals surface area contributed by atoms with Crippen LogP contribution in [0.5, 0.6) is 0 Å². The summed E-state index contributed by atoms with van der Waals surface area (Å²) in [5.74, 6) is -1.87. The van der Waals surface area contributed by atoms with Gasteiger partial charge in [-0.3, -0.25) is 4.79 Å². The molecule has 0 spiro atoms. The van der Waals surface area contributed by atoms with Gasteiger partial charge in [-0.25, -0.2) is 26.9 Å². The molecule has 1 unspecified atom stereocenters. The Kier molecular flexibility index (Phi) is 5.79. The van der Waals surface area contributed by atoms with Crippen LogP contribution in [0.1, 0.15) is 11.1 Å². The van der Waals surface area contributed by atoms with Crippen LogP contribution in [-0.4, -0.2) is 61.5 Å². The zero-order valence-corrected chi connectivity index (χ0v) is 23.3. The number of nitrogens with one attached hydrogen (secondary N) is 1. The van der Waals surface area contributed by atoms with E-state index in [1.165, 1.54) is 46.6 Å². The first-order chi connectivity index (χ1) is 20.1. The standard InChI is InChI=1S/C28H24F2N8O3S/c1-16-9-23-17(11-33-38(23)20-6-3-18(29)4-7-20)10-21(16)28-15-37(42(40,41)25-13-32-36(2)35-25)14-22(28)26(28)27(39)34-24-8-5-19(30)12-31-24/h3-13,22,26H,14-15H2,1-2H3,(H,31,34,39)/t22-,26?,28+/m0/s1. The van der Waals surface area contributed by atoms with Gasteiger partial charge in [-0.05, 0) is 72.5 Å². The number of sulfonamides is 1. The Hall–Kier alpha value is -4.56. The van der Waals surface area contributed by atoms with E-state index in [9.17, 15) is 22.0 Å². The molecule has 1 N–H and O–H groups in total. The van der Waals surface area contributed by atoms with E-state index in [0.29, 0.717) is 5.69 Å². The monoisotopic (exact) mass is 590 g/mol. The van der Waals surface area contributed by atoms with Crippen LogP contribution in [0.15, 0.2) is 72.1 Å². The lowest BCUT2D eigenvalue weighted by Gasteiger charge is -2.24. The maximum Gasteiger partial charge on any atom is 0.264 e. The van der Waals surface area contributed by atoms with Crippen LogP contribution >= 0.6 is 0 Å². The average molecular weight is 591 g/mol. The van der Waals surface area contributed by atoms with Crippen LogP contribution in [0.3, 0.4) is 0 Å². The molecule has 5 aromatic rings. The van der Waals surface area contributed by atoms with E-state index in [2.05, 4.69) is 25.6 Å². The van der Waals surface area contributed by atoms with E-state index < -0.39 is 27.2 Å². The maximum atomic E-state index is 13.6. The number of carbonyl (C=O) groups excluding carboxylic acids is 1. The Balaban J connectivity index is 1.28. The van der Waals surface area contributed by atoms with Gasteiger partial charge in [0.15, 0.2) is 0 Å². The van der Waals surface area contributed by atoms with Crippen molar-refractivity contribution in [3.8, 4) is 5.69 Å². The number of aromatic nitrogens is 6. The number of aryl methyl sites for hydroxylation is 2. The number of anilines is 1. The number of halogens is 2. The molecule has 7 rings (SSSR count). The number of pyridine rings is 1. The van der Waals surface area contributed by atoms with E-state index in [-0.39, 0.29) is 41.6 Å². The number of nitrogens with zero attached hydrogens (tertiary/aromatic N) is 7. The first-order valence-electron chi connectivity index (χ1n) is 13.1. The van der Waals surface area contributed by atoms with Crippen molar-refractivity contribution in [3.05, 3.63) is 89.9 Å². The Labute approximate surface area is 238 Å². The smallest absolute Gasteiger partial charge is 0.264 e. The van der Waals surface area contributed by atoms with Crippen LogP contribution in [-0.2, 0) is 27.3 Å². The van der Waals surface area contributed by atoms with Gasteiger partial charge in [-0.1, -0.05) is 0 Å². The van der Waals surface area contributed by atoms with Crippen LogP contribution in [0.2, 0.25) is 0 Å². The van der Waals surface area contributed by atoms with E-state index >= 15 is 0 Å². The highest BCUT2D eigenvalue weighted by molar-refractivity contribution is 7.89. The highest BCUT2D eigenvalue weighted by atomic mass is 32.2. The lowest BCUT2D eigenvalue weighted by molar-refractivity contribution is -0.118. The minimum atomic E-state index is -3.96. The lowest BCUT2D eigenvalue weighted by Crippen LogP contribution is -2.37. The molecule has 3 atom stereocenters. The summed E-state index contributed by atoms with van der Waals surface area (Å²) in [6.07, 6.45) is 3.92. The number of carbonyl (C=O) groups is 1. The molecule has 1 saturated heterocycles. The number of amides is 1. The van der Waals surface area contributed by atoms with Gasteiger partial charge in [-0.2, -0.15) is 19.3 Å². The summed E-state index contributed by atoms with van der Waals surface area (Å²) in [6.45, 7) is 2.08. The van der Waals surface area contributed by atoms with Crippen molar-refractivity contribution in [2.75, 3.05) is 18.4 Å². The molecule has 11 nitrogen and oxygen atoms in total. The molecule has 1 amide bonds. The van der Waals surface area contributed by atoms with Crippen molar-refractivity contribution < 1.29 is 22.0 Å². The summed E-state index contributed by atoms with van der Waals surface area (Å²) < 4.78 is 57.0. The molecule has 42 heavy (non-hydrogen) atoms. The van der Waals surface area contributed by atoms with Gasteiger partial charge in [0.1, 0.15) is 17.5 Å². The van der Waals surface area contributed by atoms with Gasteiger partial charge in [0.2, 0.25) is 10.9 Å². The Morgan fingerprint density at radius 2 is 1.79 bits per heavy atom. The third-order valence-electron chi connectivity index (χ3n) is 8.28. The van der Waals surface area contributed by atoms with Crippen molar-refractivity contribution in [2.45, 2.75) is 17.4 Å². The summed E-state index contributed by atoms with van der Waals surface area (Å²) in [5, 5.41) is 15.8. The number of piperidine rings is 1. The second-order valence-corrected chi connectivity index (χ2v) is 12.6. The predicted molar refractivity (Wildman–Crippen MR) is 147 cm³/mol. The highest BCUT2D eigenvalue weighted by Crippen LogP contribution is 2.65. The first-order valence-corrected chi connectivity index (χ1v) is 14.6. The topological polar surface area (TPSA) is 128 Å². The molecule has 3 aromatic heterocycles. The van der Waals surface area contributed by atoms with Crippen molar-refractivity contribution >= 4 is 32.7 Å². The zero-order chi connectivity index (χ0) is 29.4. The van der Waals surface area contributed by atoms with Crippen molar-refractivity contribution in [1.29, 1.82) is 0 Å². The molecule has 1 aliphatic carbocycles. The summed E-state index contributed by atoms with van der Waals surface area (Å²) in [7, 11) is -2.43. The average Bonchev–Trinajstić information content (AvgIpc) is 3.38. The molecule has 14 heteroatoms. The highest BCUT2D eigenvalue weighted by Gasteiger charge is 2.74. The van der Waals surface area contributed by atoms with Gasteiger partial charge < -0.3 is 5.32 Å². The predicted octanol–water partition coefficient (Wildman–Crippen LogP) is 2.96. The molecule has 1 saturated carbocycles. The molecule has 0 bridgehead atoms. The second-order valence-electron chi connectivity index (χ2n) is 10.7. The zero-order valence-electron chi connectivity index (χ0n) is 22.4. The molecule has 214 valence electrons. The maximum absolute atomic E-state index is 13.6. The first kappa shape index (κ1) is 26.3. The molecule has 4 heterocycles. The molecule has 1 aliphatic heterocycles. The van der Waals surface area contributed by atoms with Gasteiger partial charge in [0.05, 0.1) is 35.7 Å². The summed E-state index contributed by atoms with van der Waals surface area (Å²) in [5.41, 5.74) is 2.34. The second kappa shape index (κ2) is 9.22. The van der Waals surface area contributed by atoms with Crippen LogP contribution in [0.25, 0.3) is 16.6 Å². The van der Waals surface area contributed by atoms with Gasteiger partial charge in [0.25, 0.3) is 10.0 Å². The van der Waals surface area contributed by atoms with E-state index in [1.807, 2.05) is 19.1 Å². The minimum absolute atomic E-state index is 0.0595. The molecule has 2 fully saturated rings. The van der Waals surface area contributed by atoms with Crippen LogP contribution in [0, 0.1) is 30.4 Å². The molecule has 2 aromatic carbocycles. The third kappa shape index (κ3) is 4.01. The molecular weight excluding hydrogens is 566 g/mol. The number of hydrogen-bond donors (Lipinski definition) is 1. The van der Waals surface area contributed by atoms with Crippen molar-refractivity contribution in [1.82, 2.24) is 34.1 Å². The lowest BCUT2D eigenvalue weighted by atomic mass is 9.88. The quantitative estimate of drug-likeness (QED) is 0.322. The van der Waals surface area contributed by atoms with E-state index in [4.69, 9.17) is 0 Å². The normalized spacial score (nSPS) is 21.9. The summed E-state index contributed by atoms with van der Waals surface area (Å²) in [4.78, 5) is 18.7. The fourth-order valence-corrected chi connectivity index (χ4v) is 7.74. The SMILES string of the molecule is Cc1cc2c(cnn2-c2ccc(F)cc2)cc1[C@]12CN(S(=O)(=O)c3cnn(C)n3)C[C@H]1C2C(=O)Nc1ccc(F)cn1. The molecule has 2 aliphatic rings. The van der Waals surface area contributed by atoms with Gasteiger partial charge >= 0.3 is 0 Å². The van der Waals surface area contributed by atoms with Crippen LogP contribution < -0.4 is 5.32 Å². The van der Waals surface area contributed by atoms with Crippen LogP contribution in [0.4, 0.5) is 14.6 Å². The van der Waals surface area contributed by atoms with E-state index in [0.717, 1.165) is 28.2 Å². The van der Waals surface area contributed by atoms with Gasteiger partial charge in [0, 0.05) is 30.9 Å². The fourth-order valence-electron chi connectivity index (χ4n) is 6.33. The Morgan fingerprint density at radius 3 is 2.48 bits per heavy atom. The number of fused-ring (bicyclic) bond motifs is 2. The number of hydrogen-bond acceptors (Lipinski definition) is 7. The van der Waals surface area contributed by atoms with E-state index in [1.54, 1.807) is 23.0 Å². The van der Waals surface area contributed by atoms with Gasteiger partial charge in [-0.15, -0.1) is 5.10 Å². The number of benzene rings is 2. The largest absolute Gasteiger partial charge is 0.310 e. The van der Waals surface area contributed by atoms with Crippen molar-refractivity contribution in [3.63, 3.8) is 0 Å². The fraction of sp³-hybridized carbons (Fsp3) is 0.250.